The van der Waals surface area contributed by atoms with Crippen LogP contribution < -0.4 is 14.8 Å². The maximum atomic E-state index is 12.9. The number of carbonyl (C=O) groups excluding carboxylic acids is 1. The van der Waals surface area contributed by atoms with Gasteiger partial charge in [0, 0.05) is 24.0 Å². The summed E-state index contributed by atoms with van der Waals surface area (Å²) in [6.07, 6.45) is 17.9. The van der Waals surface area contributed by atoms with Crippen molar-refractivity contribution >= 4 is 40.3 Å². The zero-order valence-corrected chi connectivity index (χ0v) is 29.5. The minimum atomic E-state index is -0.179. The van der Waals surface area contributed by atoms with Gasteiger partial charge in [0.25, 0.3) is 5.91 Å². The number of rotatable bonds is 20. The Morgan fingerprint density at radius 1 is 0.860 bits per heavy atom. The van der Waals surface area contributed by atoms with E-state index in [0.717, 1.165) is 41.4 Å². The first-order valence-corrected chi connectivity index (χ1v) is 17.2. The average molecular weight is 676 g/mol. The third-order valence-corrected chi connectivity index (χ3v) is 8.46. The predicted molar refractivity (Wildman–Crippen MR) is 190 cm³/mol. The number of carbonyl (C=O) groups is 1. The zero-order valence-electron chi connectivity index (χ0n) is 27.0. The Balaban J connectivity index is 0.00000645. The lowest BCUT2D eigenvalue weighted by atomic mass is 9.86. The van der Waals surface area contributed by atoms with Gasteiger partial charge in [-0.3, -0.25) is 4.79 Å². The van der Waals surface area contributed by atoms with Crippen LogP contribution in [0, 0.1) is 0 Å². The maximum Gasteiger partial charge on any atom is 0.262 e. The van der Waals surface area contributed by atoms with E-state index >= 15 is 0 Å². The Bertz CT molecular complexity index is 1100. The van der Waals surface area contributed by atoms with E-state index in [-0.39, 0.29) is 34.9 Å². The minimum Gasteiger partial charge on any atom is -0.489 e. The molecule has 1 N–H and O–H groups in total. The van der Waals surface area contributed by atoms with E-state index in [1.807, 2.05) is 30.3 Å². The van der Waals surface area contributed by atoms with Gasteiger partial charge in [0.1, 0.15) is 0 Å². The average Bonchev–Trinajstić information content (AvgIpc) is 3.48. The highest BCUT2D eigenvalue weighted by Gasteiger charge is 2.23. The van der Waals surface area contributed by atoms with Crippen LogP contribution in [0.3, 0.4) is 0 Å². The molecule has 1 amide bonds. The molecule has 0 unspecified atom stereocenters. The highest BCUT2D eigenvalue weighted by atomic mass is 79.9. The molecule has 0 fully saturated rings. The van der Waals surface area contributed by atoms with E-state index in [4.69, 9.17) is 9.47 Å². The number of hydrogen-bond acceptors (Lipinski definition) is 5. The summed E-state index contributed by atoms with van der Waals surface area (Å²) in [7, 11) is 0. The number of nitrogens with one attached hydrogen (secondary N) is 1. The molecule has 2 aromatic rings. The first-order chi connectivity index (χ1) is 20.4. The van der Waals surface area contributed by atoms with E-state index in [1.165, 1.54) is 70.6 Å². The van der Waals surface area contributed by atoms with Gasteiger partial charge < -0.3 is 19.7 Å². The predicted octanol–water partition coefficient (Wildman–Crippen LogP) is 10.6. The van der Waals surface area contributed by atoms with Crippen molar-refractivity contribution in [3.8, 4) is 11.5 Å². The van der Waals surface area contributed by atoms with Gasteiger partial charge in [-0.15, -0.1) is 28.7 Å². The van der Waals surface area contributed by atoms with Crippen molar-refractivity contribution in [2.45, 2.75) is 117 Å². The second-order valence-electron chi connectivity index (χ2n) is 12.4. The molecule has 1 aliphatic rings. The first kappa shape index (κ1) is 37.1. The second kappa shape index (κ2) is 20.8. The fourth-order valence-corrected chi connectivity index (χ4v) is 5.94. The van der Waals surface area contributed by atoms with Gasteiger partial charge in [0.2, 0.25) is 0 Å². The molecule has 0 radical (unpaired) electrons. The molecular formula is C36H55BrN2O3S. The van der Waals surface area contributed by atoms with E-state index in [0.29, 0.717) is 12.4 Å². The van der Waals surface area contributed by atoms with Gasteiger partial charge >= 0.3 is 0 Å². The van der Waals surface area contributed by atoms with Gasteiger partial charge in [0.05, 0.1) is 12.5 Å². The highest BCUT2D eigenvalue weighted by molar-refractivity contribution is 8.93. The lowest BCUT2D eigenvalue weighted by molar-refractivity contribution is -0.118. The summed E-state index contributed by atoms with van der Waals surface area (Å²) in [5.41, 5.74) is 2.90. The van der Waals surface area contributed by atoms with Gasteiger partial charge in [-0.05, 0) is 34.9 Å². The quantitative estimate of drug-likeness (QED) is 0.142. The summed E-state index contributed by atoms with van der Waals surface area (Å²) in [6, 6.07) is 14.0. The van der Waals surface area contributed by atoms with Crippen LogP contribution in [-0.2, 0) is 16.8 Å². The first-order valence-electron chi connectivity index (χ1n) is 16.2. The number of anilines is 1. The Kier molecular flexibility index (Phi) is 17.9. The molecule has 5 nitrogen and oxygen atoms in total. The van der Waals surface area contributed by atoms with Crippen molar-refractivity contribution in [1.29, 1.82) is 0 Å². The fourth-order valence-electron chi connectivity index (χ4n) is 5.22. The third kappa shape index (κ3) is 14.0. The second-order valence-corrected chi connectivity index (χ2v) is 13.3. The van der Waals surface area contributed by atoms with Crippen LogP contribution in [0.1, 0.15) is 116 Å². The minimum absolute atomic E-state index is 0. The van der Waals surface area contributed by atoms with Crippen molar-refractivity contribution in [1.82, 2.24) is 4.90 Å². The van der Waals surface area contributed by atoms with Gasteiger partial charge in [-0.1, -0.05) is 129 Å². The van der Waals surface area contributed by atoms with Crippen LogP contribution in [0.5, 0.6) is 11.5 Å². The molecular weight excluding hydrogens is 620 g/mol. The van der Waals surface area contributed by atoms with Crippen LogP contribution in [-0.4, -0.2) is 29.9 Å². The number of hydrogen-bond donors (Lipinski definition) is 1. The van der Waals surface area contributed by atoms with Crippen LogP contribution in [0.2, 0.25) is 0 Å². The SMILES string of the molecule is Br.CCCCCCCCCCCCCCOc1c(OCC(=O)Nc2ccccc2CN2C=CSC2)cccc1C(C)(C)C. The van der Waals surface area contributed by atoms with E-state index in [9.17, 15) is 4.79 Å². The Labute approximate surface area is 276 Å². The normalized spacial score (nSPS) is 12.7. The number of nitrogens with zero attached hydrogens (tertiary/aromatic N) is 1. The largest absolute Gasteiger partial charge is 0.489 e. The third-order valence-electron chi connectivity index (χ3n) is 7.66. The molecule has 1 aliphatic heterocycles. The van der Waals surface area contributed by atoms with Crippen molar-refractivity contribution in [3.63, 3.8) is 0 Å². The lowest BCUT2D eigenvalue weighted by Gasteiger charge is -2.25. The smallest absolute Gasteiger partial charge is 0.262 e. The molecule has 43 heavy (non-hydrogen) atoms. The van der Waals surface area contributed by atoms with Crippen molar-refractivity contribution in [3.05, 3.63) is 65.2 Å². The molecule has 0 aliphatic carbocycles. The number of amides is 1. The lowest BCUT2D eigenvalue weighted by Crippen LogP contribution is -2.22. The van der Waals surface area contributed by atoms with E-state index in [1.54, 1.807) is 11.8 Å². The molecule has 0 saturated heterocycles. The number of halogens is 1. The van der Waals surface area contributed by atoms with E-state index in [2.05, 4.69) is 61.7 Å². The molecule has 0 aromatic heterocycles. The summed E-state index contributed by atoms with van der Waals surface area (Å²) in [4.78, 5) is 15.2. The molecule has 7 heteroatoms. The monoisotopic (exact) mass is 674 g/mol. The van der Waals surface area contributed by atoms with Crippen LogP contribution in [0.4, 0.5) is 5.69 Å². The molecule has 2 aromatic carbocycles. The molecule has 0 atom stereocenters. The maximum absolute atomic E-state index is 12.9. The summed E-state index contributed by atoms with van der Waals surface area (Å²) < 4.78 is 12.4. The van der Waals surface area contributed by atoms with Gasteiger partial charge in [0.15, 0.2) is 18.1 Å². The van der Waals surface area contributed by atoms with Crippen LogP contribution in [0.15, 0.2) is 54.1 Å². The number of ether oxygens (including phenoxy) is 2. The summed E-state index contributed by atoms with van der Waals surface area (Å²) in [6.45, 7) is 10.2. The molecule has 3 rings (SSSR count). The van der Waals surface area contributed by atoms with Crippen LogP contribution >= 0.6 is 28.7 Å². The fraction of sp³-hybridized carbons (Fsp3) is 0.583. The molecule has 0 saturated carbocycles. The topological polar surface area (TPSA) is 50.8 Å². The Hall–Kier alpha value is -2.12. The number of para-hydroxylation sites is 2. The molecule has 240 valence electrons. The molecule has 1 heterocycles. The molecule has 0 bridgehead atoms. The van der Waals surface area contributed by atoms with Gasteiger partial charge in [-0.2, -0.15) is 0 Å². The summed E-state index contributed by atoms with van der Waals surface area (Å²) in [5.74, 6) is 2.14. The number of benzene rings is 2. The van der Waals surface area contributed by atoms with Crippen molar-refractivity contribution < 1.29 is 14.3 Å². The van der Waals surface area contributed by atoms with Crippen LogP contribution in [0.25, 0.3) is 0 Å². The Morgan fingerprint density at radius 3 is 2.14 bits per heavy atom. The van der Waals surface area contributed by atoms with E-state index < -0.39 is 0 Å². The zero-order chi connectivity index (χ0) is 30.0. The van der Waals surface area contributed by atoms with Gasteiger partial charge in [-0.25, -0.2) is 0 Å². The van der Waals surface area contributed by atoms with Crippen molar-refractivity contribution in [2.75, 3.05) is 24.4 Å². The Morgan fingerprint density at radius 2 is 1.51 bits per heavy atom. The summed E-state index contributed by atoms with van der Waals surface area (Å²) >= 11 is 1.77. The highest BCUT2D eigenvalue weighted by Crippen LogP contribution is 2.39. The molecule has 0 spiro atoms. The standard InChI is InChI=1S/C36H54N2O3S.BrH/c1-5-6-7-8-9-10-11-12-13-14-15-18-25-40-35-31(36(2,3)4)21-19-23-33(35)41-28-34(39)37-32-22-17-16-20-30(32)27-38-24-26-42-29-38;/h16-17,19-24,26H,5-15,18,25,27-29H2,1-4H3,(H,37,39);1H. The number of unbranched alkanes of at least 4 members (excludes halogenated alkanes) is 11. The number of thioether (sulfide) groups is 1. The summed E-state index contributed by atoms with van der Waals surface area (Å²) in [5, 5.41) is 5.15. The van der Waals surface area contributed by atoms with Crippen molar-refractivity contribution in [2.24, 2.45) is 0 Å².